The van der Waals surface area contributed by atoms with E-state index in [0.717, 1.165) is 18.8 Å². The van der Waals surface area contributed by atoms with Crippen LogP contribution >= 0.6 is 11.3 Å². The Labute approximate surface area is 94.9 Å². The van der Waals surface area contributed by atoms with Gasteiger partial charge in [0.2, 0.25) is 0 Å². The van der Waals surface area contributed by atoms with E-state index in [1.807, 2.05) is 5.51 Å². The molecule has 2 unspecified atom stereocenters. The summed E-state index contributed by atoms with van der Waals surface area (Å²) in [4.78, 5) is 5.61. The van der Waals surface area contributed by atoms with Gasteiger partial charge in [0.05, 0.1) is 17.3 Å². The molecule has 15 heavy (non-hydrogen) atoms. The molecule has 1 aromatic heterocycles. The molecule has 3 nitrogen and oxygen atoms in total. The van der Waals surface area contributed by atoms with Crippen molar-refractivity contribution in [3.05, 3.63) is 16.1 Å². The maximum Gasteiger partial charge on any atom is 0.0798 e. The van der Waals surface area contributed by atoms with E-state index < -0.39 is 0 Å². The van der Waals surface area contributed by atoms with Gasteiger partial charge in [-0.2, -0.15) is 0 Å². The van der Waals surface area contributed by atoms with E-state index in [0.29, 0.717) is 12.1 Å². The standard InChI is InChI=1S/C11H18N2OS/c1-8(11-9(2)13-7-15-11)12-6-10-4-3-5-14-10/h7-8,10,12H,3-6H2,1-2H3. The third kappa shape index (κ3) is 2.77. The van der Waals surface area contributed by atoms with Gasteiger partial charge in [-0.1, -0.05) is 0 Å². The summed E-state index contributed by atoms with van der Waals surface area (Å²) in [6, 6.07) is 0.390. The number of nitrogens with zero attached hydrogens (tertiary/aromatic N) is 1. The van der Waals surface area contributed by atoms with Crippen LogP contribution < -0.4 is 5.32 Å². The van der Waals surface area contributed by atoms with Crippen molar-refractivity contribution in [2.75, 3.05) is 13.2 Å². The highest BCUT2D eigenvalue weighted by Crippen LogP contribution is 2.21. The Hall–Kier alpha value is -0.450. The van der Waals surface area contributed by atoms with Crippen LogP contribution in [0, 0.1) is 6.92 Å². The zero-order chi connectivity index (χ0) is 10.7. The number of nitrogens with one attached hydrogen (secondary N) is 1. The van der Waals surface area contributed by atoms with Crippen LogP contribution in [0.3, 0.4) is 0 Å². The quantitative estimate of drug-likeness (QED) is 0.855. The van der Waals surface area contributed by atoms with Crippen LogP contribution in [0.15, 0.2) is 5.51 Å². The Kier molecular flexibility index (Phi) is 3.72. The Morgan fingerprint density at radius 2 is 2.60 bits per heavy atom. The number of hydrogen-bond donors (Lipinski definition) is 1. The second-order valence-corrected chi connectivity index (χ2v) is 4.95. The van der Waals surface area contributed by atoms with Crippen LogP contribution in [-0.2, 0) is 4.74 Å². The minimum absolute atomic E-state index is 0.390. The first-order valence-corrected chi connectivity index (χ1v) is 6.40. The predicted octanol–water partition coefficient (Wildman–Crippen LogP) is 2.28. The number of hydrogen-bond acceptors (Lipinski definition) is 4. The molecule has 0 radical (unpaired) electrons. The maximum atomic E-state index is 5.58. The molecule has 1 aromatic rings. The normalized spacial score (nSPS) is 23.2. The van der Waals surface area contributed by atoms with Crippen molar-refractivity contribution in [1.29, 1.82) is 0 Å². The van der Waals surface area contributed by atoms with Gasteiger partial charge in [0.15, 0.2) is 0 Å². The summed E-state index contributed by atoms with van der Waals surface area (Å²) >= 11 is 1.73. The smallest absolute Gasteiger partial charge is 0.0798 e. The first-order chi connectivity index (χ1) is 7.27. The summed E-state index contributed by atoms with van der Waals surface area (Å²) in [5, 5.41) is 3.51. The number of aryl methyl sites for hydroxylation is 1. The lowest BCUT2D eigenvalue weighted by Gasteiger charge is -2.16. The van der Waals surface area contributed by atoms with E-state index in [2.05, 4.69) is 24.1 Å². The molecule has 0 amide bonds. The average Bonchev–Trinajstić information content (AvgIpc) is 2.84. The molecule has 1 aliphatic rings. The fraction of sp³-hybridized carbons (Fsp3) is 0.727. The van der Waals surface area contributed by atoms with Crippen molar-refractivity contribution < 1.29 is 4.74 Å². The highest BCUT2D eigenvalue weighted by Gasteiger charge is 2.17. The Bertz CT molecular complexity index is 307. The molecule has 1 N–H and O–H groups in total. The molecule has 0 aliphatic carbocycles. The predicted molar refractivity (Wildman–Crippen MR) is 62.2 cm³/mol. The Morgan fingerprint density at radius 1 is 1.73 bits per heavy atom. The molecule has 0 saturated carbocycles. The van der Waals surface area contributed by atoms with E-state index in [1.165, 1.54) is 17.7 Å². The summed E-state index contributed by atoms with van der Waals surface area (Å²) in [6.45, 7) is 6.14. The van der Waals surface area contributed by atoms with E-state index in [-0.39, 0.29) is 0 Å². The molecule has 1 fully saturated rings. The lowest BCUT2D eigenvalue weighted by molar-refractivity contribution is 0.108. The van der Waals surface area contributed by atoms with Crippen LogP contribution in [0.4, 0.5) is 0 Å². The summed E-state index contributed by atoms with van der Waals surface area (Å²) < 4.78 is 5.58. The van der Waals surface area contributed by atoms with Gasteiger partial charge >= 0.3 is 0 Å². The maximum absolute atomic E-state index is 5.58. The van der Waals surface area contributed by atoms with E-state index >= 15 is 0 Å². The largest absolute Gasteiger partial charge is 0.377 e. The molecular weight excluding hydrogens is 208 g/mol. The Balaban J connectivity index is 1.81. The Morgan fingerprint density at radius 3 is 3.20 bits per heavy atom. The average molecular weight is 226 g/mol. The molecule has 84 valence electrons. The highest BCUT2D eigenvalue weighted by molar-refractivity contribution is 7.09. The lowest BCUT2D eigenvalue weighted by atomic mass is 10.2. The minimum Gasteiger partial charge on any atom is -0.377 e. The number of thiazole rings is 1. The zero-order valence-corrected chi connectivity index (χ0v) is 10.1. The molecule has 2 heterocycles. The minimum atomic E-state index is 0.390. The van der Waals surface area contributed by atoms with Crippen LogP contribution in [0.2, 0.25) is 0 Å². The lowest BCUT2D eigenvalue weighted by Crippen LogP contribution is -2.28. The van der Waals surface area contributed by atoms with Crippen LogP contribution in [0.25, 0.3) is 0 Å². The number of aromatic nitrogens is 1. The fourth-order valence-electron chi connectivity index (χ4n) is 1.93. The molecule has 0 bridgehead atoms. The van der Waals surface area contributed by atoms with Crippen LogP contribution in [-0.4, -0.2) is 24.2 Å². The monoisotopic (exact) mass is 226 g/mol. The van der Waals surface area contributed by atoms with Crippen molar-refractivity contribution in [3.8, 4) is 0 Å². The molecule has 2 rings (SSSR count). The number of ether oxygens (including phenoxy) is 1. The van der Waals surface area contributed by atoms with Crippen LogP contribution in [0.1, 0.15) is 36.4 Å². The van der Waals surface area contributed by atoms with Crippen molar-refractivity contribution in [2.45, 2.75) is 38.8 Å². The summed E-state index contributed by atoms with van der Waals surface area (Å²) in [5.41, 5.74) is 3.06. The second kappa shape index (κ2) is 5.05. The van der Waals surface area contributed by atoms with Gasteiger partial charge in [-0.3, -0.25) is 0 Å². The molecule has 1 aliphatic heterocycles. The third-order valence-corrected chi connectivity index (χ3v) is 3.97. The van der Waals surface area contributed by atoms with Crippen molar-refractivity contribution >= 4 is 11.3 Å². The van der Waals surface area contributed by atoms with Gasteiger partial charge in [-0.25, -0.2) is 4.98 Å². The first-order valence-electron chi connectivity index (χ1n) is 5.52. The molecule has 4 heteroatoms. The van der Waals surface area contributed by atoms with Crippen molar-refractivity contribution in [2.24, 2.45) is 0 Å². The fourth-order valence-corrected chi connectivity index (χ4v) is 2.77. The molecule has 0 spiro atoms. The third-order valence-electron chi connectivity index (χ3n) is 2.85. The highest BCUT2D eigenvalue weighted by atomic mass is 32.1. The summed E-state index contributed by atoms with van der Waals surface area (Å²) in [5.74, 6) is 0. The van der Waals surface area contributed by atoms with Crippen LogP contribution in [0.5, 0.6) is 0 Å². The number of rotatable bonds is 4. The van der Waals surface area contributed by atoms with Gasteiger partial charge in [-0.05, 0) is 26.7 Å². The van der Waals surface area contributed by atoms with Gasteiger partial charge in [0.1, 0.15) is 0 Å². The zero-order valence-electron chi connectivity index (χ0n) is 9.32. The van der Waals surface area contributed by atoms with Gasteiger partial charge in [0.25, 0.3) is 0 Å². The topological polar surface area (TPSA) is 34.2 Å². The van der Waals surface area contributed by atoms with Crippen molar-refractivity contribution in [1.82, 2.24) is 10.3 Å². The second-order valence-electron chi connectivity index (χ2n) is 4.07. The molecule has 0 aromatic carbocycles. The summed E-state index contributed by atoms with van der Waals surface area (Å²) in [6.07, 6.45) is 2.82. The molecule has 2 atom stereocenters. The SMILES string of the molecule is Cc1ncsc1C(C)NCC1CCCO1. The first kappa shape index (κ1) is 11.0. The van der Waals surface area contributed by atoms with Crippen molar-refractivity contribution in [3.63, 3.8) is 0 Å². The van der Waals surface area contributed by atoms with Gasteiger partial charge in [-0.15, -0.1) is 11.3 Å². The van der Waals surface area contributed by atoms with E-state index in [4.69, 9.17) is 4.74 Å². The van der Waals surface area contributed by atoms with E-state index in [1.54, 1.807) is 11.3 Å². The van der Waals surface area contributed by atoms with E-state index in [9.17, 15) is 0 Å². The summed E-state index contributed by atoms with van der Waals surface area (Å²) in [7, 11) is 0. The molecular formula is C11H18N2OS. The van der Waals surface area contributed by atoms with Gasteiger partial charge in [0, 0.05) is 24.1 Å². The molecule has 1 saturated heterocycles. The van der Waals surface area contributed by atoms with Gasteiger partial charge < -0.3 is 10.1 Å².